The van der Waals surface area contributed by atoms with Crippen molar-refractivity contribution in [2.45, 2.75) is 25.4 Å². The predicted molar refractivity (Wildman–Crippen MR) is 71.9 cm³/mol. The van der Waals surface area contributed by atoms with Gasteiger partial charge in [0.05, 0.1) is 18.6 Å². The minimum Gasteiger partial charge on any atom is -0.493 e. The van der Waals surface area contributed by atoms with Gasteiger partial charge in [0, 0.05) is 25.5 Å². The molecule has 2 aromatic rings. The van der Waals surface area contributed by atoms with E-state index >= 15 is 0 Å². The molecule has 0 spiro atoms. The van der Waals surface area contributed by atoms with E-state index in [4.69, 9.17) is 13.9 Å². The van der Waals surface area contributed by atoms with Gasteiger partial charge in [-0.15, -0.1) is 0 Å². The van der Waals surface area contributed by atoms with E-state index in [0.717, 1.165) is 24.2 Å². The average Bonchev–Trinajstić information content (AvgIpc) is 2.46. The van der Waals surface area contributed by atoms with Crippen LogP contribution >= 0.6 is 0 Å². The van der Waals surface area contributed by atoms with Crippen molar-refractivity contribution >= 4 is 11.0 Å². The lowest BCUT2D eigenvalue weighted by Gasteiger charge is -2.22. The molecule has 0 amide bonds. The van der Waals surface area contributed by atoms with Crippen molar-refractivity contribution in [1.29, 1.82) is 0 Å². The van der Waals surface area contributed by atoms with Gasteiger partial charge in [-0.3, -0.25) is 4.79 Å². The van der Waals surface area contributed by atoms with Crippen molar-refractivity contribution in [2.75, 3.05) is 14.2 Å². The molecule has 0 bridgehead atoms. The van der Waals surface area contributed by atoms with Gasteiger partial charge in [-0.1, -0.05) is 6.07 Å². The molecule has 1 aromatic heterocycles. The van der Waals surface area contributed by atoms with Crippen molar-refractivity contribution in [1.82, 2.24) is 0 Å². The molecular formula is C15H16O4. The number of ether oxygens (including phenoxy) is 2. The first-order chi connectivity index (χ1) is 9.24. The first kappa shape index (κ1) is 12.2. The molecule has 1 atom stereocenters. The van der Waals surface area contributed by atoms with E-state index in [-0.39, 0.29) is 11.5 Å². The quantitative estimate of drug-likeness (QED) is 0.831. The van der Waals surface area contributed by atoms with Crippen LogP contribution in [0, 0.1) is 0 Å². The molecule has 0 aliphatic heterocycles. The van der Waals surface area contributed by atoms with Gasteiger partial charge in [0.25, 0.3) is 0 Å². The molecule has 19 heavy (non-hydrogen) atoms. The zero-order valence-electron chi connectivity index (χ0n) is 11.1. The lowest BCUT2D eigenvalue weighted by molar-refractivity contribution is 0.0876. The highest BCUT2D eigenvalue weighted by Crippen LogP contribution is 2.29. The zero-order chi connectivity index (χ0) is 13.4. The minimum atomic E-state index is 0.0388. The number of para-hydroxylation sites is 1. The molecule has 4 nitrogen and oxygen atoms in total. The largest absolute Gasteiger partial charge is 0.493 e. The Labute approximate surface area is 110 Å². The summed E-state index contributed by atoms with van der Waals surface area (Å²) in [6.45, 7) is 0. The third kappa shape index (κ3) is 1.92. The Kier molecular flexibility index (Phi) is 3.03. The summed E-state index contributed by atoms with van der Waals surface area (Å²) in [6.07, 6.45) is 2.35. The Morgan fingerprint density at radius 2 is 2.16 bits per heavy atom. The van der Waals surface area contributed by atoms with Crippen LogP contribution in [0.25, 0.3) is 11.0 Å². The van der Waals surface area contributed by atoms with E-state index in [0.29, 0.717) is 23.1 Å². The van der Waals surface area contributed by atoms with Crippen LogP contribution in [0.5, 0.6) is 5.75 Å². The molecule has 0 radical (unpaired) electrons. The van der Waals surface area contributed by atoms with Crippen LogP contribution in [0.1, 0.15) is 17.7 Å². The molecule has 0 saturated carbocycles. The fraction of sp³-hybridized carbons (Fsp3) is 0.400. The Morgan fingerprint density at radius 1 is 1.32 bits per heavy atom. The highest BCUT2D eigenvalue weighted by Gasteiger charge is 2.24. The van der Waals surface area contributed by atoms with Crippen molar-refractivity contribution in [3.63, 3.8) is 0 Å². The standard InChI is InChI=1S/C15H16O4/c1-17-9-6-7-12-11(8-9)14(16)10-4-3-5-13(18-2)15(10)19-12/h3-5,9H,6-8H2,1-2H3/t9-/m1/s1. The van der Waals surface area contributed by atoms with Crippen molar-refractivity contribution in [3.05, 3.63) is 39.7 Å². The third-order valence-corrected chi connectivity index (χ3v) is 3.74. The highest BCUT2D eigenvalue weighted by molar-refractivity contribution is 5.83. The molecule has 1 heterocycles. The maximum atomic E-state index is 12.5. The third-order valence-electron chi connectivity index (χ3n) is 3.74. The molecule has 100 valence electrons. The molecule has 0 fully saturated rings. The molecule has 0 unspecified atom stereocenters. The number of hydrogen-bond acceptors (Lipinski definition) is 4. The number of methoxy groups -OCH3 is 2. The average molecular weight is 260 g/mol. The van der Waals surface area contributed by atoms with E-state index in [1.807, 2.05) is 0 Å². The molecule has 0 N–H and O–H groups in total. The van der Waals surface area contributed by atoms with E-state index in [2.05, 4.69) is 0 Å². The Bertz CT molecular complexity index is 672. The second-order valence-corrected chi connectivity index (χ2v) is 4.77. The van der Waals surface area contributed by atoms with Gasteiger partial charge >= 0.3 is 0 Å². The van der Waals surface area contributed by atoms with E-state index < -0.39 is 0 Å². The minimum absolute atomic E-state index is 0.0388. The van der Waals surface area contributed by atoms with Gasteiger partial charge in [0.1, 0.15) is 5.76 Å². The number of rotatable bonds is 2. The second-order valence-electron chi connectivity index (χ2n) is 4.77. The molecule has 1 aromatic carbocycles. The highest BCUT2D eigenvalue weighted by atomic mass is 16.5. The summed E-state index contributed by atoms with van der Waals surface area (Å²) >= 11 is 0. The topological polar surface area (TPSA) is 48.7 Å². The summed E-state index contributed by atoms with van der Waals surface area (Å²) in [6, 6.07) is 5.39. The second kappa shape index (κ2) is 4.70. The lowest BCUT2D eigenvalue weighted by Crippen LogP contribution is -2.26. The van der Waals surface area contributed by atoms with Gasteiger partial charge < -0.3 is 13.9 Å². The normalized spacial score (nSPS) is 18.3. The van der Waals surface area contributed by atoms with Crippen LogP contribution in [0.4, 0.5) is 0 Å². The Morgan fingerprint density at radius 3 is 2.89 bits per heavy atom. The van der Waals surface area contributed by atoms with Crippen molar-refractivity contribution in [2.24, 2.45) is 0 Å². The molecule has 3 rings (SSSR count). The molecule has 1 aliphatic carbocycles. The number of hydrogen-bond donors (Lipinski definition) is 0. The smallest absolute Gasteiger partial charge is 0.196 e. The Balaban J connectivity index is 2.25. The molecular weight excluding hydrogens is 244 g/mol. The molecule has 0 saturated heterocycles. The van der Waals surface area contributed by atoms with Crippen LogP contribution in [0.3, 0.4) is 0 Å². The SMILES string of the molecule is COc1cccc2c(=O)c3c(oc12)CC[C@@H](OC)C3. The van der Waals surface area contributed by atoms with Crippen LogP contribution in [-0.4, -0.2) is 20.3 Å². The number of benzene rings is 1. The van der Waals surface area contributed by atoms with E-state index in [9.17, 15) is 4.79 Å². The van der Waals surface area contributed by atoms with Gasteiger partial charge in [-0.25, -0.2) is 0 Å². The predicted octanol–water partition coefficient (Wildman–Crippen LogP) is 2.31. The summed E-state index contributed by atoms with van der Waals surface area (Å²) in [5.74, 6) is 1.38. The van der Waals surface area contributed by atoms with Crippen molar-refractivity contribution in [3.8, 4) is 5.75 Å². The van der Waals surface area contributed by atoms with Crippen LogP contribution in [0.2, 0.25) is 0 Å². The van der Waals surface area contributed by atoms with Gasteiger partial charge in [-0.05, 0) is 18.6 Å². The number of fused-ring (bicyclic) bond motifs is 2. The Hall–Kier alpha value is -1.81. The van der Waals surface area contributed by atoms with E-state index in [1.165, 1.54) is 0 Å². The van der Waals surface area contributed by atoms with Gasteiger partial charge in [-0.2, -0.15) is 0 Å². The summed E-state index contributed by atoms with van der Waals surface area (Å²) in [5, 5.41) is 0.579. The summed E-state index contributed by atoms with van der Waals surface area (Å²) < 4.78 is 16.5. The first-order valence-corrected chi connectivity index (χ1v) is 6.39. The van der Waals surface area contributed by atoms with Crippen LogP contribution in [-0.2, 0) is 17.6 Å². The van der Waals surface area contributed by atoms with Gasteiger partial charge in [0.2, 0.25) is 0 Å². The summed E-state index contributed by atoms with van der Waals surface area (Å²) in [5.41, 5.74) is 1.33. The van der Waals surface area contributed by atoms with Gasteiger partial charge in [0.15, 0.2) is 16.8 Å². The fourth-order valence-electron chi connectivity index (χ4n) is 2.67. The molecule has 1 aliphatic rings. The summed E-state index contributed by atoms with van der Waals surface area (Å²) in [4.78, 5) is 12.5. The zero-order valence-corrected chi connectivity index (χ0v) is 11.1. The van der Waals surface area contributed by atoms with Crippen LogP contribution in [0.15, 0.2) is 27.4 Å². The maximum Gasteiger partial charge on any atom is 0.196 e. The fourth-order valence-corrected chi connectivity index (χ4v) is 2.67. The summed E-state index contributed by atoms with van der Waals surface area (Å²) in [7, 11) is 3.26. The monoisotopic (exact) mass is 260 g/mol. The van der Waals surface area contributed by atoms with Crippen molar-refractivity contribution < 1.29 is 13.9 Å². The van der Waals surface area contributed by atoms with Crippen LogP contribution < -0.4 is 10.2 Å². The maximum absolute atomic E-state index is 12.5. The molecule has 4 heteroatoms. The lowest BCUT2D eigenvalue weighted by atomic mass is 9.93. The van der Waals surface area contributed by atoms with E-state index in [1.54, 1.807) is 32.4 Å². The first-order valence-electron chi connectivity index (χ1n) is 6.39. The number of aryl methyl sites for hydroxylation is 1.